The fourth-order valence-electron chi connectivity index (χ4n) is 3.24. The van der Waals surface area contributed by atoms with Gasteiger partial charge in [-0.1, -0.05) is 0 Å². The first-order valence-corrected chi connectivity index (χ1v) is 7.76. The topological polar surface area (TPSA) is 50.6 Å². The molecule has 1 atom stereocenters. The monoisotopic (exact) mass is 292 g/mol. The molecule has 21 heavy (non-hydrogen) atoms. The van der Waals surface area contributed by atoms with E-state index in [1.807, 2.05) is 18.1 Å². The number of nitrogens with zero attached hydrogens (tertiary/aromatic N) is 4. The molecule has 2 aliphatic heterocycles. The predicted octanol–water partition coefficient (Wildman–Crippen LogP) is 0.236. The van der Waals surface area contributed by atoms with Crippen molar-refractivity contribution >= 4 is 5.91 Å². The van der Waals surface area contributed by atoms with Gasteiger partial charge in [0.2, 0.25) is 5.91 Å². The molecule has 0 bridgehead atoms. The van der Waals surface area contributed by atoms with E-state index in [1.165, 1.54) is 5.82 Å². The molecular formula is C15H24N4O2. The molecular weight excluding hydrogens is 268 g/mol. The summed E-state index contributed by atoms with van der Waals surface area (Å²) in [6.07, 6.45) is 6.14. The largest absolute Gasteiger partial charge is 0.378 e. The molecule has 0 N–H and O–H groups in total. The SMILES string of the molecule is CN(CC(=O)N1CCOCC1)C[C@@H]1CCc2nccn2C1. The molecule has 3 rings (SSSR count). The summed E-state index contributed by atoms with van der Waals surface area (Å²) in [7, 11) is 2.04. The van der Waals surface area contributed by atoms with E-state index in [1.54, 1.807) is 0 Å². The predicted molar refractivity (Wildman–Crippen MR) is 78.9 cm³/mol. The number of ether oxygens (including phenoxy) is 1. The summed E-state index contributed by atoms with van der Waals surface area (Å²) in [5.41, 5.74) is 0. The first-order valence-electron chi connectivity index (χ1n) is 7.76. The Morgan fingerprint density at radius 2 is 2.29 bits per heavy atom. The summed E-state index contributed by atoms with van der Waals surface area (Å²) >= 11 is 0. The van der Waals surface area contributed by atoms with E-state index in [0.717, 1.165) is 39.0 Å². The number of amides is 1. The van der Waals surface area contributed by atoms with Gasteiger partial charge in [-0.05, 0) is 19.4 Å². The van der Waals surface area contributed by atoms with Crippen LogP contribution in [-0.4, -0.2) is 71.7 Å². The van der Waals surface area contributed by atoms with Gasteiger partial charge < -0.3 is 14.2 Å². The molecule has 0 aliphatic carbocycles. The van der Waals surface area contributed by atoms with Crippen LogP contribution in [0.25, 0.3) is 0 Å². The average Bonchev–Trinajstić information content (AvgIpc) is 2.95. The Bertz CT molecular complexity index is 482. The molecule has 0 radical (unpaired) electrons. The molecule has 0 aromatic carbocycles. The van der Waals surface area contributed by atoms with E-state index >= 15 is 0 Å². The summed E-state index contributed by atoms with van der Waals surface area (Å²) in [4.78, 5) is 20.6. The Morgan fingerprint density at radius 1 is 1.48 bits per heavy atom. The van der Waals surface area contributed by atoms with Crippen LogP contribution in [0.4, 0.5) is 0 Å². The Labute approximate surface area is 125 Å². The van der Waals surface area contributed by atoms with Crippen molar-refractivity contribution in [2.75, 3.05) is 46.4 Å². The highest BCUT2D eigenvalue weighted by Gasteiger charge is 2.22. The number of fused-ring (bicyclic) bond motifs is 1. The van der Waals surface area contributed by atoms with Gasteiger partial charge in [0.05, 0.1) is 19.8 Å². The molecule has 1 aromatic heterocycles. The fourth-order valence-corrected chi connectivity index (χ4v) is 3.24. The van der Waals surface area contributed by atoms with Crippen LogP contribution in [0.2, 0.25) is 0 Å². The van der Waals surface area contributed by atoms with E-state index in [4.69, 9.17) is 4.74 Å². The molecule has 0 unspecified atom stereocenters. The first kappa shape index (κ1) is 14.5. The van der Waals surface area contributed by atoms with Crippen molar-refractivity contribution in [1.82, 2.24) is 19.4 Å². The van der Waals surface area contributed by atoms with Crippen LogP contribution >= 0.6 is 0 Å². The van der Waals surface area contributed by atoms with Gasteiger partial charge in [0, 0.05) is 45.0 Å². The van der Waals surface area contributed by atoms with Crippen LogP contribution in [0.1, 0.15) is 12.2 Å². The van der Waals surface area contributed by atoms with Gasteiger partial charge in [-0.15, -0.1) is 0 Å². The smallest absolute Gasteiger partial charge is 0.236 e. The molecule has 2 aliphatic rings. The van der Waals surface area contributed by atoms with Crippen LogP contribution in [0.5, 0.6) is 0 Å². The average molecular weight is 292 g/mol. The van der Waals surface area contributed by atoms with Gasteiger partial charge in [0.25, 0.3) is 0 Å². The van der Waals surface area contributed by atoms with Crippen LogP contribution in [0.3, 0.4) is 0 Å². The van der Waals surface area contributed by atoms with Crippen molar-refractivity contribution in [1.29, 1.82) is 0 Å². The number of morpholine rings is 1. The number of carbonyl (C=O) groups excluding carboxylic acids is 1. The molecule has 116 valence electrons. The van der Waals surface area contributed by atoms with Crippen LogP contribution < -0.4 is 0 Å². The van der Waals surface area contributed by atoms with E-state index in [-0.39, 0.29) is 5.91 Å². The maximum absolute atomic E-state index is 12.2. The Hall–Kier alpha value is -1.40. The maximum Gasteiger partial charge on any atom is 0.236 e. The van der Waals surface area contributed by atoms with Crippen LogP contribution in [-0.2, 0) is 22.5 Å². The fraction of sp³-hybridized carbons (Fsp3) is 0.733. The molecule has 0 saturated carbocycles. The Kier molecular flexibility index (Phi) is 4.55. The zero-order valence-electron chi connectivity index (χ0n) is 12.7. The van der Waals surface area contributed by atoms with Gasteiger partial charge >= 0.3 is 0 Å². The second-order valence-electron chi connectivity index (χ2n) is 6.09. The number of carbonyl (C=O) groups is 1. The Morgan fingerprint density at radius 3 is 3.10 bits per heavy atom. The van der Waals surface area contributed by atoms with Gasteiger partial charge in [-0.2, -0.15) is 0 Å². The molecule has 0 spiro atoms. The van der Waals surface area contributed by atoms with Crippen molar-refractivity contribution in [2.24, 2.45) is 5.92 Å². The van der Waals surface area contributed by atoms with Gasteiger partial charge in [0.15, 0.2) is 0 Å². The highest BCUT2D eigenvalue weighted by Crippen LogP contribution is 2.19. The summed E-state index contributed by atoms with van der Waals surface area (Å²) in [6, 6.07) is 0. The lowest BCUT2D eigenvalue weighted by Gasteiger charge is -2.31. The van der Waals surface area contributed by atoms with Crippen molar-refractivity contribution in [3.8, 4) is 0 Å². The van der Waals surface area contributed by atoms with Crippen LogP contribution in [0.15, 0.2) is 12.4 Å². The van der Waals surface area contributed by atoms with Gasteiger partial charge in [-0.25, -0.2) is 4.98 Å². The second-order valence-corrected chi connectivity index (χ2v) is 6.09. The first-order chi connectivity index (χ1) is 10.2. The minimum atomic E-state index is 0.222. The van der Waals surface area contributed by atoms with Crippen LogP contribution in [0, 0.1) is 5.92 Å². The van der Waals surface area contributed by atoms with Crippen molar-refractivity contribution < 1.29 is 9.53 Å². The van der Waals surface area contributed by atoms with Crippen molar-refractivity contribution in [3.63, 3.8) is 0 Å². The minimum Gasteiger partial charge on any atom is -0.378 e. The number of hydrogen-bond donors (Lipinski definition) is 0. The van der Waals surface area contributed by atoms with Gasteiger partial charge in [0.1, 0.15) is 5.82 Å². The Balaban J connectivity index is 1.46. The van der Waals surface area contributed by atoms with Crippen molar-refractivity contribution in [2.45, 2.75) is 19.4 Å². The number of rotatable bonds is 4. The number of aromatic nitrogens is 2. The zero-order valence-corrected chi connectivity index (χ0v) is 12.7. The zero-order chi connectivity index (χ0) is 14.7. The van der Waals surface area contributed by atoms with Crippen molar-refractivity contribution in [3.05, 3.63) is 18.2 Å². The third-order valence-electron chi connectivity index (χ3n) is 4.37. The number of hydrogen-bond acceptors (Lipinski definition) is 4. The lowest BCUT2D eigenvalue weighted by molar-refractivity contribution is -0.136. The van der Waals surface area contributed by atoms with E-state index in [2.05, 4.69) is 20.6 Å². The third-order valence-corrected chi connectivity index (χ3v) is 4.37. The summed E-state index contributed by atoms with van der Waals surface area (Å²) in [6.45, 7) is 5.29. The normalized spacial score (nSPS) is 22.4. The summed E-state index contributed by atoms with van der Waals surface area (Å²) < 4.78 is 7.53. The highest BCUT2D eigenvalue weighted by molar-refractivity contribution is 5.78. The van der Waals surface area contributed by atoms with E-state index in [9.17, 15) is 4.79 Å². The molecule has 1 amide bonds. The molecule has 1 aromatic rings. The maximum atomic E-state index is 12.2. The number of imidazole rings is 1. The van der Waals surface area contributed by atoms with E-state index in [0.29, 0.717) is 25.7 Å². The summed E-state index contributed by atoms with van der Waals surface area (Å²) in [5.74, 6) is 2.02. The molecule has 3 heterocycles. The van der Waals surface area contributed by atoms with Gasteiger partial charge in [-0.3, -0.25) is 9.69 Å². The van der Waals surface area contributed by atoms with E-state index < -0.39 is 0 Å². The minimum absolute atomic E-state index is 0.222. The number of aryl methyl sites for hydroxylation is 1. The molecule has 6 nitrogen and oxygen atoms in total. The quantitative estimate of drug-likeness (QED) is 0.797. The third kappa shape index (κ3) is 3.63. The molecule has 1 saturated heterocycles. The highest BCUT2D eigenvalue weighted by atomic mass is 16.5. The molecule has 6 heteroatoms. The standard InChI is InChI=1S/C15H24N4O2/c1-17(12-15(20)18-6-8-21-9-7-18)10-13-2-3-14-16-4-5-19(14)11-13/h4-5,13H,2-3,6-12H2,1H3/t13-/m0/s1. The number of likely N-dealkylation sites (N-methyl/N-ethyl adjacent to an activating group) is 1. The molecule has 1 fully saturated rings. The summed E-state index contributed by atoms with van der Waals surface area (Å²) in [5, 5.41) is 0. The lowest BCUT2D eigenvalue weighted by atomic mass is 9.99. The lowest BCUT2D eigenvalue weighted by Crippen LogP contribution is -2.46. The second kappa shape index (κ2) is 6.58.